The van der Waals surface area contributed by atoms with Gasteiger partial charge in [-0.3, -0.25) is 4.79 Å². The SMILES string of the molecule is CC(C)n1cnnc1CNC(=O)CC(N)c1ccccc1. The summed E-state index contributed by atoms with van der Waals surface area (Å²) in [6.07, 6.45) is 1.92. The van der Waals surface area contributed by atoms with Crippen LogP contribution in [0.2, 0.25) is 0 Å². The van der Waals surface area contributed by atoms with Crippen LogP contribution in [0, 0.1) is 0 Å². The second-order valence-electron chi connectivity index (χ2n) is 5.25. The first-order valence-corrected chi connectivity index (χ1v) is 7.03. The molecule has 1 atom stereocenters. The smallest absolute Gasteiger partial charge is 0.222 e. The maximum atomic E-state index is 12.0. The fourth-order valence-electron chi connectivity index (χ4n) is 2.09. The second kappa shape index (κ2) is 6.99. The third-order valence-electron chi connectivity index (χ3n) is 3.28. The first-order valence-electron chi connectivity index (χ1n) is 7.03. The lowest BCUT2D eigenvalue weighted by Crippen LogP contribution is -2.28. The van der Waals surface area contributed by atoms with E-state index in [0.717, 1.165) is 11.4 Å². The molecule has 0 fully saturated rings. The summed E-state index contributed by atoms with van der Waals surface area (Å²) in [6, 6.07) is 9.57. The Hall–Kier alpha value is -2.21. The van der Waals surface area contributed by atoms with Crippen molar-refractivity contribution in [3.63, 3.8) is 0 Å². The number of nitrogens with two attached hydrogens (primary N) is 1. The van der Waals surface area contributed by atoms with Gasteiger partial charge in [0.25, 0.3) is 0 Å². The lowest BCUT2D eigenvalue weighted by molar-refractivity contribution is -0.121. The van der Waals surface area contributed by atoms with Gasteiger partial charge in [0, 0.05) is 18.5 Å². The van der Waals surface area contributed by atoms with Gasteiger partial charge < -0.3 is 15.6 Å². The first kappa shape index (κ1) is 15.2. The summed E-state index contributed by atoms with van der Waals surface area (Å²) in [6.45, 7) is 4.44. The van der Waals surface area contributed by atoms with Crippen LogP contribution in [0.25, 0.3) is 0 Å². The molecule has 112 valence electrons. The van der Waals surface area contributed by atoms with E-state index in [9.17, 15) is 4.79 Å². The van der Waals surface area contributed by atoms with Crippen LogP contribution in [0.15, 0.2) is 36.7 Å². The monoisotopic (exact) mass is 287 g/mol. The summed E-state index contributed by atoms with van der Waals surface area (Å²) in [5.41, 5.74) is 6.99. The lowest BCUT2D eigenvalue weighted by Gasteiger charge is -2.13. The van der Waals surface area contributed by atoms with Gasteiger partial charge in [-0.2, -0.15) is 0 Å². The number of carbonyl (C=O) groups excluding carboxylic acids is 1. The highest BCUT2D eigenvalue weighted by Crippen LogP contribution is 2.13. The molecule has 1 amide bonds. The standard InChI is InChI=1S/C15H21N5O/c1-11(2)20-10-18-19-14(20)9-17-15(21)8-13(16)12-6-4-3-5-7-12/h3-7,10-11,13H,8-9,16H2,1-2H3,(H,17,21). The number of amides is 1. The van der Waals surface area contributed by atoms with Crippen LogP contribution >= 0.6 is 0 Å². The summed E-state index contributed by atoms with van der Waals surface area (Å²) in [5.74, 6) is 0.649. The van der Waals surface area contributed by atoms with Crippen molar-refractivity contribution in [1.82, 2.24) is 20.1 Å². The van der Waals surface area contributed by atoms with Crippen LogP contribution < -0.4 is 11.1 Å². The summed E-state index contributed by atoms with van der Waals surface area (Å²) >= 11 is 0. The van der Waals surface area contributed by atoms with Crippen molar-refractivity contribution in [2.24, 2.45) is 5.73 Å². The Labute approximate surface area is 124 Å². The summed E-state index contributed by atoms with van der Waals surface area (Å²) in [7, 11) is 0. The Balaban J connectivity index is 1.86. The molecule has 21 heavy (non-hydrogen) atoms. The van der Waals surface area contributed by atoms with Crippen LogP contribution in [0.1, 0.15) is 43.7 Å². The molecule has 0 saturated heterocycles. The van der Waals surface area contributed by atoms with Crippen molar-refractivity contribution >= 4 is 5.91 Å². The Morgan fingerprint density at radius 2 is 2.05 bits per heavy atom. The van der Waals surface area contributed by atoms with Gasteiger partial charge in [0.1, 0.15) is 6.33 Å². The topological polar surface area (TPSA) is 85.8 Å². The van der Waals surface area contributed by atoms with Crippen LogP contribution in [0.3, 0.4) is 0 Å². The van der Waals surface area contributed by atoms with Crippen molar-refractivity contribution in [2.75, 3.05) is 0 Å². The van der Waals surface area contributed by atoms with Crippen molar-refractivity contribution in [3.05, 3.63) is 48.0 Å². The molecule has 0 aliphatic rings. The van der Waals surface area contributed by atoms with Gasteiger partial charge in [0.15, 0.2) is 5.82 Å². The van der Waals surface area contributed by atoms with E-state index in [1.54, 1.807) is 6.33 Å². The molecule has 0 aliphatic carbocycles. The number of hydrogen-bond donors (Lipinski definition) is 2. The molecule has 0 spiro atoms. The number of hydrogen-bond acceptors (Lipinski definition) is 4. The lowest BCUT2D eigenvalue weighted by atomic mass is 10.0. The number of rotatable bonds is 6. The Morgan fingerprint density at radius 1 is 1.33 bits per heavy atom. The van der Waals surface area contributed by atoms with E-state index >= 15 is 0 Å². The summed E-state index contributed by atoms with van der Waals surface area (Å²) in [5, 5.41) is 10.7. The van der Waals surface area contributed by atoms with Gasteiger partial charge in [-0.25, -0.2) is 0 Å². The number of benzene rings is 1. The molecule has 2 rings (SSSR count). The minimum Gasteiger partial charge on any atom is -0.349 e. The normalized spacial score (nSPS) is 12.4. The average molecular weight is 287 g/mol. The average Bonchev–Trinajstić information content (AvgIpc) is 2.94. The Morgan fingerprint density at radius 3 is 2.71 bits per heavy atom. The van der Waals surface area contributed by atoms with E-state index in [1.165, 1.54) is 0 Å². The molecule has 0 radical (unpaired) electrons. The van der Waals surface area contributed by atoms with E-state index in [0.29, 0.717) is 6.54 Å². The third-order valence-corrected chi connectivity index (χ3v) is 3.28. The molecule has 1 aromatic carbocycles. The zero-order valence-electron chi connectivity index (χ0n) is 12.4. The third kappa shape index (κ3) is 4.13. The van der Waals surface area contributed by atoms with Crippen LogP contribution in [0.5, 0.6) is 0 Å². The minimum atomic E-state index is -0.297. The van der Waals surface area contributed by atoms with E-state index in [2.05, 4.69) is 15.5 Å². The molecule has 0 bridgehead atoms. The van der Waals surface area contributed by atoms with Crippen LogP contribution in [-0.4, -0.2) is 20.7 Å². The van der Waals surface area contributed by atoms with Crippen LogP contribution in [0.4, 0.5) is 0 Å². The van der Waals surface area contributed by atoms with Crippen molar-refractivity contribution in [3.8, 4) is 0 Å². The van der Waals surface area contributed by atoms with Gasteiger partial charge in [0.05, 0.1) is 6.54 Å². The maximum absolute atomic E-state index is 12.0. The molecule has 6 heteroatoms. The molecule has 1 aromatic heterocycles. The van der Waals surface area contributed by atoms with E-state index in [-0.39, 0.29) is 24.4 Å². The highest BCUT2D eigenvalue weighted by atomic mass is 16.1. The maximum Gasteiger partial charge on any atom is 0.222 e. The summed E-state index contributed by atoms with van der Waals surface area (Å²) < 4.78 is 1.93. The largest absolute Gasteiger partial charge is 0.349 e. The van der Waals surface area contributed by atoms with Crippen molar-refractivity contribution in [1.29, 1.82) is 0 Å². The fraction of sp³-hybridized carbons (Fsp3) is 0.400. The molecule has 3 N–H and O–H groups in total. The quantitative estimate of drug-likeness (QED) is 0.844. The van der Waals surface area contributed by atoms with Crippen molar-refractivity contribution in [2.45, 2.75) is 38.9 Å². The highest BCUT2D eigenvalue weighted by Gasteiger charge is 2.13. The molecule has 1 unspecified atom stereocenters. The summed E-state index contributed by atoms with van der Waals surface area (Å²) in [4.78, 5) is 12.0. The van der Waals surface area contributed by atoms with Gasteiger partial charge in [-0.1, -0.05) is 30.3 Å². The van der Waals surface area contributed by atoms with E-state index < -0.39 is 0 Å². The molecule has 2 aromatic rings. The molecule has 0 aliphatic heterocycles. The number of aromatic nitrogens is 3. The zero-order valence-corrected chi connectivity index (χ0v) is 12.4. The van der Waals surface area contributed by atoms with Gasteiger partial charge in [-0.15, -0.1) is 10.2 Å². The predicted octanol–water partition coefficient (Wildman–Crippen LogP) is 1.57. The fourth-order valence-corrected chi connectivity index (χ4v) is 2.09. The van der Waals surface area contributed by atoms with Gasteiger partial charge in [0.2, 0.25) is 5.91 Å². The molecule has 0 saturated carbocycles. The minimum absolute atomic E-state index is 0.0929. The number of nitrogens with one attached hydrogen (secondary N) is 1. The van der Waals surface area contributed by atoms with Gasteiger partial charge >= 0.3 is 0 Å². The van der Waals surface area contributed by atoms with E-state index in [4.69, 9.17) is 5.73 Å². The zero-order chi connectivity index (χ0) is 15.2. The molecular formula is C15H21N5O. The van der Waals surface area contributed by atoms with Crippen molar-refractivity contribution < 1.29 is 4.79 Å². The number of nitrogens with zero attached hydrogens (tertiary/aromatic N) is 3. The van der Waals surface area contributed by atoms with Crippen LogP contribution in [-0.2, 0) is 11.3 Å². The second-order valence-corrected chi connectivity index (χ2v) is 5.25. The van der Waals surface area contributed by atoms with E-state index in [1.807, 2.05) is 48.7 Å². The Kier molecular flexibility index (Phi) is 5.05. The highest BCUT2D eigenvalue weighted by molar-refractivity contribution is 5.76. The molecule has 1 heterocycles. The predicted molar refractivity (Wildman–Crippen MR) is 80.2 cm³/mol. The first-order chi connectivity index (χ1) is 10.1. The number of carbonyl (C=O) groups is 1. The Bertz CT molecular complexity index is 579. The molecule has 6 nitrogen and oxygen atoms in total. The van der Waals surface area contributed by atoms with Gasteiger partial charge in [-0.05, 0) is 19.4 Å². The molecular weight excluding hydrogens is 266 g/mol.